The Hall–Kier alpha value is -2.22. The Balaban J connectivity index is 3.33. The molecular weight excluding hydrogens is 198 g/mol. The number of nitriles is 1. The number of hydrogen-bond donors (Lipinski definition) is 1. The molecule has 1 N–H and O–H groups in total. The van der Waals surface area contributed by atoms with Crippen molar-refractivity contribution in [3.8, 4) is 17.6 Å². The molecule has 0 radical (unpaired) electrons. The van der Waals surface area contributed by atoms with Crippen LogP contribution >= 0.6 is 0 Å². The minimum absolute atomic E-state index is 0.00912. The van der Waals surface area contributed by atoms with Crippen molar-refractivity contribution < 1.29 is 19.4 Å². The first-order chi connectivity index (χ1) is 7.13. The Morgan fingerprint density at radius 3 is 2.60 bits per heavy atom. The predicted molar refractivity (Wildman–Crippen MR) is 50.7 cm³/mol. The highest BCUT2D eigenvalue weighted by molar-refractivity contribution is 5.90. The molecule has 0 saturated heterocycles. The molecule has 1 rings (SSSR count). The van der Waals surface area contributed by atoms with Crippen molar-refractivity contribution in [2.45, 2.75) is 0 Å². The van der Waals surface area contributed by atoms with Crippen LogP contribution in [0.1, 0.15) is 15.9 Å². The van der Waals surface area contributed by atoms with E-state index in [0.717, 1.165) is 6.07 Å². The molecule has 5 nitrogen and oxygen atoms in total. The molecule has 5 heteroatoms. The van der Waals surface area contributed by atoms with Crippen LogP contribution in [-0.2, 0) is 4.74 Å². The summed E-state index contributed by atoms with van der Waals surface area (Å²) >= 11 is 0. The molecule has 0 saturated carbocycles. The number of carbonyl (C=O) groups is 1. The van der Waals surface area contributed by atoms with E-state index in [0.29, 0.717) is 0 Å². The second-order valence-corrected chi connectivity index (χ2v) is 2.68. The van der Waals surface area contributed by atoms with E-state index in [-0.39, 0.29) is 22.6 Å². The number of aromatic hydroxyl groups is 1. The van der Waals surface area contributed by atoms with Crippen molar-refractivity contribution in [3.05, 3.63) is 23.3 Å². The number of ether oxygens (including phenoxy) is 2. The Labute approximate surface area is 86.5 Å². The van der Waals surface area contributed by atoms with Crippen molar-refractivity contribution in [2.75, 3.05) is 14.2 Å². The zero-order chi connectivity index (χ0) is 11.4. The fourth-order valence-corrected chi connectivity index (χ4v) is 1.11. The smallest absolute Gasteiger partial charge is 0.338 e. The molecule has 0 aliphatic rings. The summed E-state index contributed by atoms with van der Waals surface area (Å²) in [6.45, 7) is 0. The van der Waals surface area contributed by atoms with Crippen molar-refractivity contribution in [3.63, 3.8) is 0 Å². The van der Waals surface area contributed by atoms with Crippen LogP contribution in [-0.4, -0.2) is 25.3 Å². The largest absolute Gasteiger partial charge is 0.506 e. The van der Waals surface area contributed by atoms with Gasteiger partial charge < -0.3 is 14.6 Å². The molecule has 0 atom stereocenters. The average molecular weight is 207 g/mol. The highest BCUT2D eigenvalue weighted by Crippen LogP contribution is 2.28. The molecule has 0 unspecified atom stereocenters. The fraction of sp³-hybridized carbons (Fsp3) is 0.200. The molecule has 1 aromatic carbocycles. The van der Waals surface area contributed by atoms with Crippen LogP contribution in [0, 0.1) is 11.3 Å². The van der Waals surface area contributed by atoms with E-state index in [9.17, 15) is 9.90 Å². The molecule has 0 aliphatic carbocycles. The van der Waals surface area contributed by atoms with Crippen LogP contribution in [0.15, 0.2) is 12.1 Å². The molecule has 0 bridgehead atoms. The molecule has 0 amide bonds. The van der Waals surface area contributed by atoms with Gasteiger partial charge in [0.1, 0.15) is 23.1 Å². The van der Waals surface area contributed by atoms with Crippen LogP contribution in [0.3, 0.4) is 0 Å². The van der Waals surface area contributed by atoms with Gasteiger partial charge in [0.2, 0.25) is 0 Å². The number of esters is 1. The lowest BCUT2D eigenvalue weighted by atomic mass is 10.1. The van der Waals surface area contributed by atoms with Crippen molar-refractivity contribution in [1.82, 2.24) is 0 Å². The highest BCUT2D eigenvalue weighted by atomic mass is 16.5. The maximum Gasteiger partial charge on any atom is 0.338 e. The lowest BCUT2D eigenvalue weighted by molar-refractivity contribution is 0.0600. The topological polar surface area (TPSA) is 79.5 Å². The van der Waals surface area contributed by atoms with Crippen molar-refractivity contribution in [2.24, 2.45) is 0 Å². The first-order valence-corrected chi connectivity index (χ1v) is 4.03. The SMILES string of the molecule is COC(=O)c1cc(O)c(C#N)c(OC)c1. The second-order valence-electron chi connectivity index (χ2n) is 2.68. The molecule has 0 aliphatic heterocycles. The minimum Gasteiger partial charge on any atom is -0.506 e. The van der Waals surface area contributed by atoms with Gasteiger partial charge in [-0.1, -0.05) is 0 Å². The van der Waals surface area contributed by atoms with E-state index in [4.69, 9.17) is 10.00 Å². The minimum atomic E-state index is -0.604. The summed E-state index contributed by atoms with van der Waals surface area (Å²) in [5.41, 5.74) is 0.121. The summed E-state index contributed by atoms with van der Waals surface area (Å²) in [6.07, 6.45) is 0. The number of nitrogens with zero attached hydrogens (tertiary/aromatic N) is 1. The Bertz CT molecular complexity index is 434. The van der Waals surface area contributed by atoms with Crippen LogP contribution in [0.25, 0.3) is 0 Å². The first kappa shape index (κ1) is 10.9. The lowest BCUT2D eigenvalue weighted by Gasteiger charge is -2.06. The summed E-state index contributed by atoms with van der Waals surface area (Å²) in [5, 5.41) is 18.1. The van der Waals surface area contributed by atoms with Gasteiger partial charge in [-0.25, -0.2) is 4.79 Å². The van der Waals surface area contributed by atoms with Crippen molar-refractivity contribution in [1.29, 1.82) is 5.26 Å². The maximum absolute atomic E-state index is 11.2. The normalized spacial score (nSPS) is 9.13. The summed E-state index contributed by atoms with van der Waals surface area (Å²) in [6, 6.07) is 4.27. The van der Waals surface area contributed by atoms with E-state index in [2.05, 4.69) is 4.74 Å². The molecular formula is C10H9NO4. The predicted octanol–water partition coefficient (Wildman–Crippen LogP) is 1.06. The third kappa shape index (κ3) is 1.99. The van der Waals surface area contributed by atoms with Gasteiger partial charge in [-0.15, -0.1) is 0 Å². The van der Waals surface area contributed by atoms with Crippen LogP contribution in [0.2, 0.25) is 0 Å². The first-order valence-electron chi connectivity index (χ1n) is 4.03. The Kier molecular flexibility index (Phi) is 3.13. The second kappa shape index (κ2) is 4.33. The third-order valence-electron chi connectivity index (χ3n) is 1.83. The molecule has 78 valence electrons. The third-order valence-corrected chi connectivity index (χ3v) is 1.83. The van der Waals surface area contributed by atoms with Crippen LogP contribution in [0.5, 0.6) is 11.5 Å². The van der Waals surface area contributed by atoms with Crippen LogP contribution in [0.4, 0.5) is 0 Å². The molecule has 0 aromatic heterocycles. The molecule has 0 spiro atoms. The molecule has 1 aromatic rings. The summed E-state index contributed by atoms with van der Waals surface area (Å²) in [7, 11) is 2.57. The Morgan fingerprint density at radius 2 is 2.13 bits per heavy atom. The van der Waals surface area contributed by atoms with Gasteiger partial charge in [-0.3, -0.25) is 0 Å². The number of rotatable bonds is 2. The average Bonchev–Trinajstić information content (AvgIpc) is 2.26. The van der Waals surface area contributed by atoms with Crippen LogP contribution < -0.4 is 4.74 Å². The number of benzene rings is 1. The summed E-state index contributed by atoms with van der Waals surface area (Å²) < 4.78 is 9.34. The summed E-state index contributed by atoms with van der Waals surface area (Å²) in [4.78, 5) is 11.2. The van der Waals surface area contributed by atoms with E-state index in [1.807, 2.05) is 0 Å². The summed E-state index contributed by atoms with van der Waals surface area (Å²) in [5.74, 6) is -0.775. The number of phenolic OH excluding ortho intramolecular Hbond substituents is 1. The number of carbonyl (C=O) groups excluding carboxylic acids is 1. The van der Waals surface area contributed by atoms with Gasteiger partial charge in [-0.05, 0) is 12.1 Å². The molecule has 0 fully saturated rings. The highest BCUT2D eigenvalue weighted by Gasteiger charge is 2.14. The van der Waals surface area contributed by atoms with E-state index >= 15 is 0 Å². The van der Waals surface area contributed by atoms with Gasteiger partial charge in [0.25, 0.3) is 0 Å². The number of phenols is 1. The number of methoxy groups -OCH3 is 2. The van der Waals surface area contributed by atoms with E-state index < -0.39 is 5.97 Å². The van der Waals surface area contributed by atoms with E-state index in [1.165, 1.54) is 20.3 Å². The standard InChI is InChI=1S/C10H9NO4/c1-14-9-4-6(10(13)15-2)3-8(12)7(9)5-11/h3-4,12H,1-2H3. The Morgan fingerprint density at radius 1 is 1.47 bits per heavy atom. The maximum atomic E-state index is 11.2. The zero-order valence-electron chi connectivity index (χ0n) is 8.27. The lowest BCUT2D eigenvalue weighted by Crippen LogP contribution is -2.02. The van der Waals surface area contributed by atoms with Gasteiger partial charge >= 0.3 is 5.97 Å². The number of hydrogen-bond acceptors (Lipinski definition) is 5. The molecule has 0 heterocycles. The quantitative estimate of drug-likeness (QED) is 0.733. The van der Waals surface area contributed by atoms with Gasteiger partial charge in [0, 0.05) is 0 Å². The van der Waals surface area contributed by atoms with E-state index in [1.54, 1.807) is 6.07 Å². The monoisotopic (exact) mass is 207 g/mol. The zero-order valence-corrected chi connectivity index (χ0v) is 8.27. The van der Waals surface area contributed by atoms with Gasteiger partial charge in [0.05, 0.1) is 19.8 Å². The van der Waals surface area contributed by atoms with Crippen molar-refractivity contribution >= 4 is 5.97 Å². The van der Waals surface area contributed by atoms with Gasteiger partial charge in [-0.2, -0.15) is 5.26 Å². The van der Waals surface area contributed by atoms with Gasteiger partial charge in [0.15, 0.2) is 0 Å². The molecule has 15 heavy (non-hydrogen) atoms. The fourth-order valence-electron chi connectivity index (χ4n) is 1.11.